The number of nitrogens with zero attached hydrogens (tertiary/aromatic N) is 2. The summed E-state index contributed by atoms with van der Waals surface area (Å²) in [5, 5.41) is 0.985. The van der Waals surface area contributed by atoms with Crippen molar-refractivity contribution in [2.45, 2.75) is 19.8 Å². The van der Waals surface area contributed by atoms with Gasteiger partial charge in [0.25, 0.3) is 0 Å². The van der Waals surface area contributed by atoms with Gasteiger partial charge in [0.1, 0.15) is 5.75 Å². The Morgan fingerprint density at radius 2 is 2.06 bits per heavy atom. The van der Waals surface area contributed by atoms with Gasteiger partial charge in [-0.05, 0) is 18.1 Å². The molecule has 0 aliphatic rings. The average molecular weight is 217 g/mol. The number of aromatic nitrogens is 2. The summed E-state index contributed by atoms with van der Waals surface area (Å²) in [5.74, 6) is 1.47. The van der Waals surface area contributed by atoms with Crippen LogP contribution >= 0.6 is 0 Å². The first-order chi connectivity index (χ1) is 7.63. The number of methoxy groups -OCH3 is 1. The van der Waals surface area contributed by atoms with E-state index in [0.29, 0.717) is 11.9 Å². The Balaban J connectivity index is 2.81. The van der Waals surface area contributed by atoms with E-state index in [-0.39, 0.29) is 0 Å². The van der Waals surface area contributed by atoms with Crippen LogP contribution in [0, 0.1) is 0 Å². The summed E-state index contributed by atoms with van der Waals surface area (Å²) in [4.78, 5) is 8.28. The van der Waals surface area contributed by atoms with E-state index in [9.17, 15) is 0 Å². The SMILES string of the molecule is COc1ccc2cnc(N)nc2c1C(C)C. The maximum atomic E-state index is 5.62. The second-order valence-corrected chi connectivity index (χ2v) is 4.00. The monoisotopic (exact) mass is 217 g/mol. The molecule has 2 N–H and O–H groups in total. The van der Waals surface area contributed by atoms with Crippen LogP contribution in [0.15, 0.2) is 18.3 Å². The van der Waals surface area contributed by atoms with Gasteiger partial charge < -0.3 is 10.5 Å². The second kappa shape index (κ2) is 3.96. The van der Waals surface area contributed by atoms with Gasteiger partial charge >= 0.3 is 0 Å². The molecule has 0 radical (unpaired) electrons. The standard InChI is InChI=1S/C12H15N3O/c1-7(2)10-9(16-3)5-4-8-6-14-12(13)15-11(8)10/h4-7H,1-3H3,(H2,13,14,15). The summed E-state index contributed by atoms with van der Waals surface area (Å²) >= 11 is 0. The largest absolute Gasteiger partial charge is 0.496 e. The molecule has 0 saturated heterocycles. The second-order valence-electron chi connectivity index (χ2n) is 4.00. The minimum absolute atomic E-state index is 0.294. The molecule has 16 heavy (non-hydrogen) atoms. The van der Waals surface area contributed by atoms with Crippen molar-refractivity contribution in [1.29, 1.82) is 0 Å². The topological polar surface area (TPSA) is 61.0 Å². The molecule has 1 aromatic carbocycles. The van der Waals surface area contributed by atoms with Crippen molar-refractivity contribution in [1.82, 2.24) is 9.97 Å². The maximum absolute atomic E-state index is 5.62. The van der Waals surface area contributed by atoms with Crippen LogP contribution in [0.3, 0.4) is 0 Å². The van der Waals surface area contributed by atoms with Crippen molar-refractivity contribution >= 4 is 16.9 Å². The molecule has 2 aromatic rings. The molecular weight excluding hydrogens is 202 g/mol. The van der Waals surface area contributed by atoms with Crippen LogP contribution in [-0.2, 0) is 0 Å². The van der Waals surface area contributed by atoms with E-state index in [0.717, 1.165) is 22.2 Å². The molecule has 0 bridgehead atoms. The first kappa shape index (κ1) is 10.7. The summed E-state index contributed by atoms with van der Waals surface area (Å²) in [5.41, 5.74) is 7.58. The molecule has 0 unspecified atom stereocenters. The Hall–Kier alpha value is -1.84. The van der Waals surface area contributed by atoms with E-state index in [1.165, 1.54) is 0 Å². The summed E-state index contributed by atoms with van der Waals surface area (Å²) in [6.07, 6.45) is 1.74. The lowest BCUT2D eigenvalue weighted by molar-refractivity contribution is 0.408. The Labute approximate surface area is 94.5 Å². The van der Waals surface area contributed by atoms with Crippen LogP contribution in [0.4, 0.5) is 5.95 Å². The molecule has 0 fully saturated rings. The molecule has 1 heterocycles. The number of rotatable bonds is 2. The fourth-order valence-electron chi connectivity index (χ4n) is 1.85. The molecule has 1 aromatic heterocycles. The minimum Gasteiger partial charge on any atom is -0.496 e. The first-order valence-electron chi connectivity index (χ1n) is 5.22. The third-order valence-electron chi connectivity index (χ3n) is 2.57. The van der Waals surface area contributed by atoms with Crippen LogP contribution < -0.4 is 10.5 Å². The Morgan fingerprint density at radius 3 is 2.69 bits per heavy atom. The zero-order valence-electron chi connectivity index (χ0n) is 9.69. The quantitative estimate of drug-likeness (QED) is 0.838. The van der Waals surface area contributed by atoms with Crippen molar-refractivity contribution < 1.29 is 4.74 Å². The van der Waals surface area contributed by atoms with Gasteiger partial charge in [-0.25, -0.2) is 9.97 Å². The number of hydrogen-bond donors (Lipinski definition) is 1. The highest BCUT2D eigenvalue weighted by Gasteiger charge is 2.13. The fraction of sp³-hybridized carbons (Fsp3) is 0.333. The highest BCUT2D eigenvalue weighted by Crippen LogP contribution is 2.32. The molecule has 0 atom stereocenters. The number of nitrogens with two attached hydrogens (primary N) is 1. The van der Waals surface area contributed by atoms with Gasteiger partial charge in [-0.3, -0.25) is 0 Å². The van der Waals surface area contributed by atoms with Crippen LogP contribution in [0.25, 0.3) is 10.9 Å². The minimum atomic E-state index is 0.294. The fourth-order valence-corrected chi connectivity index (χ4v) is 1.85. The van der Waals surface area contributed by atoms with Crippen molar-refractivity contribution in [3.05, 3.63) is 23.9 Å². The predicted molar refractivity (Wildman–Crippen MR) is 64.6 cm³/mol. The first-order valence-corrected chi connectivity index (χ1v) is 5.22. The lowest BCUT2D eigenvalue weighted by Gasteiger charge is -2.14. The number of fused-ring (bicyclic) bond motifs is 1. The van der Waals surface area contributed by atoms with Crippen molar-refractivity contribution in [3.8, 4) is 5.75 Å². The molecule has 2 rings (SSSR count). The highest BCUT2D eigenvalue weighted by atomic mass is 16.5. The molecule has 0 spiro atoms. The van der Waals surface area contributed by atoms with Crippen LogP contribution in [-0.4, -0.2) is 17.1 Å². The summed E-state index contributed by atoms with van der Waals surface area (Å²) in [6.45, 7) is 4.21. The van der Waals surface area contributed by atoms with Crippen molar-refractivity contribution in [2.24, 2.45) is 0 Å². The number of hydrogen-bond acceptors (Lipinski definition) is 4. The van der Waals surface area contributed by atoms with Crippen molar-refractivity contribution in [2.75, 3.05) is 12.8 Å². The van der Waals surface area contributed by atoms with E-state index in [2.05, 4.69) is 23.8 Å². The third-order valence-corrected chi connectivity index (χ3v) is 2.57. The van der Waals surface area contributed by atoms with Gasteiger partial charge in [0.05, 0.1) is 12.6 Å². The Bertz CT molecular complexity index is 523. The number of nitrogen functional groups attached to an aromatic ring is 1. The summed E-state index contributed by atoms with van der Waals surface area (Å²) in [6, 6.07) is 3.89. The Kier molecular flexibility index (Phi) is 2.64. The molecule has 84 valence electrons. The van der Waals surface area contributed by atoms with E-state index >= 15 is 0 Å². The predicted octanol–water partition coefficient (Wildman–Crippen LogP) is 2.34. The van der Waals surface area contributed by atoms with Crippen LogP contribution in [0.2, 0.25) is 0 Å². The van der Waals surface area contributed by atoms with E-state index in [1.807, 2.05) is 12.1 Å². The summed E-state index contributed by atoms with van der Waals surface area (Å²) < 4.78 is 5.35. The average Bonchev–Trinajstić information content (AvgIpc) is 2.26. The lowest BCUT2D eigenvalue weighted by atomic mass is 9.99. The molecule has 0 aliphatic heterocycles. The molecule has 0 saturated carbocycles. The van der Waals surface area contributed by atoms with Gasteiger partial charge in [0, 0.05) is 17.1 Å². The van der Waals surface area contributed by atoms with Crippen LogP contribution in [0.1, 0.15) is 25.3 Å². The lowest BCUT2D eigenvalue weighted by Crippen LogP contribution is -2.00. The highest BCUT2D eigenvalue weighted by molar-refractivity contribution is 5.84. The Morgan fingerprint density at radius 1 is 1.31 bits per heavy atom. The van der Waals surface area contributed by atoms with Gasteiger partial charge in [-0.2, -0.15) is 0 Å². The van der Waals surface area contributed by atoms with E-state index in [4.69, 9.17) is 10.5 Å². The molecular formula is C12H15N3O. The zero-order chi connectivity index (χ0) is 11.7. The van der Waals surface area contributed by atoms with E-state index in [1.54, 1.807) is 13.3 Å². The third kappa shape index (κ3) is 1.66. The number of benzene rings is 1. The zero-order valence-corrected chi connectivity index (χ0v) is 9.69. The van der Waals surface area contributed by atoms with E-state index < -0.39 is 0 Å². The van der Waals surface area contributed by atoms with Gasteiger partial charge in [-0.1, -0.05) is 13.8 Å². The molecule has 0 aliphatic carbocycles. The summed E-state index contributed by atoms with van der Waals surface area (Å²) in [7, 11) is 1.66. The normalized spacial score (nSPS) is 11.0. The maximum Gasteiger partial charge on any atom is 0.220 e. The van der Waals surface area contributed by atoms with Crippen LogP contribution in [0.5, 0.6) is 5.75 Å². The molecule has 4 nitrogen and oxygen atoms in total. The molecule has 4 heteroatoms. The van der Waals surface area contributed by atoms with Gasteiger partial charge in [-0.15, -0.1) is 0 Å². The van der Waals surface area contributed by atoms with Crippen molar-refractivity contribution in [3.63, 3.8) is 0 Å². The van der Waals surface area contributed by atoms with Gasteiger partial charge in [0.15, 0.2) is 0 Å². The number of ether oxygens (including phenoxy) is 1. The van der Waals surface area contributed by atoms with Gasteiger partial charge in [0.2, 0.25) is 5.95 Å². The number of anilines is 1. The smallest absolute Gasteiger partial charge is 0.220 e. The molecule has 0 amide bonds.